The number of aryl methyl sites for hydroxylation is 1. The van der Waals surface area contributed by atoms with Crippen LogP contribution < -0.4 is 4.74 Å². The number of hydrogen-bond donors (Lipinski definition) is 1. The lowest BCUT2D eigenvalue weighted by Gasteiger charge is -2.26. The summed E-state index contributed by atoms with van der Waals surface area (Å²) in [5, 5.41) is 9.66. The number of aliphatic hydroxyl groups is 1. The molecule has 25 heavy (non-hydrogen) atoms. The topological polar surface area (TPSA) is 55.8 Å². The monoisotopic (exact) mass is 338 g/mol. The zero-order valence-corrected chi connectivity index (χ0v) is 14.5. The lowest BCUT2D eigenvalue weighted by Crippen LogP contribution is -2.26. The Labute approximate surface area is 147 Å². The van der Waals surface area contributed by atoms with E-state index >= 15 is 0 Å². The van der Waals surface area contributed by atoms with E-state index in [-0.39, 0.29) is 5.97 Å². The van der Waals surface area contributed by atoms with Crippen LogP contribution in [0.4, 0.5) is 0 Å². The van der Waals surface area contributed by atoms with Crippen LogP contribution in [-0.4, -0.2) is 17.4 Å². The molecule has 2 atom stereocenters. The Balaban J connectivity index is 1.71. The Hall–Kier alpha value is -2.59. The molecule has 0 saturated carbocycles. The second-order valence-electron chi connectivity index (χ2n) is 6.62. The number of aliphatic hydroxyl groups excluding tert-OH is 1. The zero-order chi connectivity index (χ0) is 18.0. The van der Waals surface area contributed by atoms with Crippen LogP contribution in [0.25, 0.3) is 0 Å². The van der Waals surface area contributed by atoms with Gasteiger partial charge in [-0.2, -0.15) is 0 Å². The van der Waals surface area contributed by atoms with Gasteiger partial charge in [-0.05, 0) is 67.7 Å². The molecule has 2 aromatic rings. The van der Waals surface area contributed by atoms with E-state index in [1.165, 1.54) is 5.56 Å². The van der Waals surface area contributed by atoms with Gasteiger partial charge in [0, 0.05) is 0 Å². The van der Waals surface area contributed by atoms with Gasteiger partial charge in [0.2, 0.25) is 6.29 Å². The first kappa shape index (κ1) is 17.2. The molecule has 2 unspecified atom stereocenters. The fourth-order valence-electron chi connectivity index (χ4n) is 3.03. The molecule has 0 radical (unpaired) electrons. The Morgan fingerprint density at radius 2 is 1.88 bits per heavy atom. The molecule has 0 amide bonds. The summed E-state index contributed by atoms with van der Waals surface area (Å²) < 4.78 is 11.1. The lowest BCUT2D eigenvalue weighted by atomic mass is 9.98. The van der Waals surface area contributed by atoms with Gasteiger partial charge in [0.1, 0.15) is 11.4 Å². The molecule has 2 aromatic carbocycles. The van der Waals surface area contributed by atoms with Gasteiger partial charge in [0.05, 0.1) is 5.56 Å². The number of ether oxygens (including phenoxy) is 2. The second-order valence-corrected chi connectivity index (χ2v) is 6.62. The Kier molecular flexibility index (Phi) is 4.64. The summed E-state index contributed by atoms with van der Waals surface area (Å²) >= 11 is 0. The molecule has 130 valence electrons. The van der Waals surface area contributed by atoms with Crippen molar-refractivity contribution >= 4 is 5.97 Å². The number of fused-ring (bicyclic) bond motifs is 1. The molecule has 0 saturated heterocycles. The van der Waals surface area contributed by atoms with Crippen LogP contribution in [0.2, 0.25) is 0 Å². The molecule has 0 aromatic heterocycles. The van der Waals surface area contributed by atoms with Gasteiger partial charge in [-0.15, -0.1) is 0 Å². The standard InChI is InChI=1S/C21H22O4/c1-14(2)19(22)24-17-10-8-16(9-11-17)20(23)25-21(3)13-12-15-6-4-5-7-18(15)21/h4-11,19,22H,1,12-13H2,2-3H3. The number of carbonyl (C=O) groups is 1. The fraction of sp³-hybridized carbons (Fsp3) is 0.286. The molecule has 0 spiro atoms. The third kappa shape index (κ3) is 3.59. The molecule has 3 rings (SSSR count). The third-order valence-corrected chi connectivity index (χ3v) is 4.54. The van der Waals surface area contributed by atoms with Crippen molar-refractivity contribution in [3.8, 4) is 5.75 Å². The van der Waals surface area contributed by atoms with Gasteiger partial charge in [0.25, 0.3) is 0 Å². The van der Waals surface area contributed by atoms with Crippen molar-refractivity contribution in [1.29, 1.82) is 0 Å². The first-order valence-corrected chi connectivity index (χ1v) is 8.31. The number of rotatable bonds is 5. The minimum atomic E-state index is -1.06. The summed E-state index contributed by atoms with van der Waals surface area (Å²) in [5.41, 5.74) is 2.67. The Bertz CT molecular complexity index is 794. The summed E-state index contributed by atoms with van der Waals surface area (Å²) in [4.78, 5) is 12.5. The highest BCUT2D eigenvalue weighted by Crippen LogP contribution is 2.40. The average Bonchev–Trinajstić information content (AvgIpc) is 2.92. The Morgan fingerprint density at radius 3 is 2.56 bits per heavy atom. The number of hydrogen-bond acceptors (Lipinski definition) is 4. The number of esters is 1. The highest BCUT2D eigenvalue weighted by Gasteiger charge is 2.37. The SMILES string of the molecule is C=C(C)C(O)Oc1ccc(C(=O)OC2(C)CCc3ccccc32)cc1. The van der Waals surface area contributed by atoms with E-state index < -0.39 is 11.9 Å². The predicted octanol–water partition coefficient (Wildman–Crippen LogP) is 3.98. The van der Waals surface area contributed by atoms with Crippen LogP contribution >= 0.6 is 0 Å². The van der Waals surface area contributed by atoms with Crippen LogP contribution in [0.1, 0.15) is 41.8 Å². The van der Waals surface area contributed by atoms with Gasteiger partial charge < -0.3 is 14.6 Å². The van der Waals surface area contributed by atoms with E-state index in [1.807, 2.05) is 25.1 Å². The van der Waals surface area contributed by atoms with Crippen molar-refractivity contribution in [1.82, 2.24) is 0 Å². The summed E-state index contributed by atoms with van der Waals surface area (Å²) in [7, 11) is 0. The lowest BCUT2D eigenvalue weighted by molar-refractivity contribution is -0.0112. The van der Waals surface area contributed by atoms with Crippen LogP contribution in [0.3, 0.4) is 0 Å². The van der Waals surface area contributed by atoms with Crippen LogP contribution in [0.5, 0.6) is 5.75 Å². The summed E-state index contributed by atoms with van der Waals surface area (Å²) in [6.07, 6.45) is 0.627. The molecule has 4 nitrogen and oxygen atoms in total. The molecule has 0 bridgehead atoms. The van der Waals surface area contributed by atoms with Crippen molar-refractivity contribution in [2.75, 3.05) is 0 Å². The maximum Gasteiger partial charge on any atom is 0.339 e. The first-order valence-electron chi connectivity index (χ1n) is 8.31. The zero-order valence-electron chi connectivity index (χ0n) is 14.5. The minimum Gasteiger partial charge on any atom is -0.461 e. The maximum atomic E-state index is 12.5. The Morgan fingerprint density at radius 1 is 1.20 bits per heavy atom. The van der Waals surface area contributed by atoms with Crippen molar-refractivity contribution in [3.63, 3.8) is 0 Å². The molecule has 1 N–H and O–H groups in total. The van der Waals surface area contributed by atoms with E-state index in [0.717, 1.165) is 18.4 Å². The van der Waals surface area contributed by atoms with E-state index in [9.17, 15) is 9.90 Å². The molecule has 1 aliphatic rings. The molecule has 0 aliphatic heterocycles. The maximum absolute atomic E-state index is 12.5. The molecular formula is C21H22O4. The highest BCUT2D eigenvalue weighted by molar-refractivity contribution is 5.90. The van der Waals surface area contributed by atoms with Crippen molar-refractivity contribution in [2.45, 2.75) is 38.6 Å². The normalized spacial score (nSPS) is 19.8. The smallest absolute Gasteiger partial charge is 0.339 e. The van der Waals surface area contributed by atoms with Gasteiger partial charge in [0.15, 0.2) is 0 Å². The van der Waals surface area contributed by atoms with Gasteiger partial charge in [-0.3, -0.25) is 0 Å². The van der Waals surface area contributed by atoms with Crippen LogP contribution in [-0.2, 0) is 16.8 Å². The van der Waals surface area contributed by atoms with E-state index in [0.29, 0.717) is 16.9 Å². The minimum absolute atomic E-state index is 0.369. The van der Waals surface area contributed by atoms with Gasteiger partial charge >= 0.3 is 5.97 Å². The molecule has 0 fully saturated rings. The largest absolute Gasteiger partial charge is 0.461 e. The van der Waals surface area contributed by atoms with Gasteiger partial charge in [-0.1, -0.05) is 30.8 Å². The van der Waals surface area contributed by atoms with Crippen molar-refractivity contribution < 1.29 is 19.4 Å². The van der Waals surface area contributed by atoms with E-state index in [2.05, 4.69) is 12.6 Å². The van der Waals surface area contributed by atoms with E-state index in [1.54, 1.807) is 31.2 Å². The quantitative estimate of drug-likeness (QED) is 0.509. The third-order valence-electron chi connectivity index (χ3n) is 4.54. The number of benzene rings is 2. The van der Waals surface area contributed by atoms with E-state index in [4.69, 9.17) is 9.47 Å². The summed E-state index contributed by atoms with van der Waals surface area (Å²) in [6.45, 7) is 7.26. The van der Waals surface area contributed by atoms with Crippen LogP contribution in [0.15, 0.2) is 60.7 Å². The fourth-order valence-corrected chi connectivity index (χ4v) is 3.03. The molecule has 4 heteroatoms. The molecule has 1 aliphatic carbocycles. The van der Waals surface area contributed by atoms with Crippen molar-refractivity contribution in [3.05, 3.63) is 77.4 Å². The molecule has 0 heterocycles. The summed E-state index contributed by atoms with van der Waals surface area (Å²) in [6, 6.07) is 14.6. The van der Waals surface area contributed by atoms with Crippen molar-refractivity contribution in [2.24, 2.45) is 0 Å². The van der Waals surface area contributed by atoms with Crippen LogP contribution in [0, 0.1) is 0 Å². The molecular weight excluding hydrogens is 316 g/mol. The first-order chi connectivity index (χ1) is 11.9. The second kappa shape index (κ2) is 6.73. The van der Waals surface area contributed by atoms with Gasteiger partial charge in [-0.25, -0.2) is 4.79 Å². The summed E-state index contributed by atoms with van der Waals surface area (Å²) in [5.74, 6) is 0.0932. The predicted molar refractivity (Wildman–Crippen MR) is 95.4 cm³/mol. The average molecular weight is 338 g/mol. The highest BCUT2D eigenvalue weighted by atomic mass is 16.6. The number of carbonyl (C=O) groups excluding carboxylic acids is 1.